The van der Waals surface area contributed by atoms with E-state index in [0.29, 0.717) is 28.8 Å². The third-order valence-corrected chi connectivity index (χ3v) is 6.90. The van der Waals surface area contributed by atoms with Crippen LogP contribution >= 0.6 is 0 Å². The lowest BCUT2D eigenvalue weighted by molar-refractivity contribution is 0.340. The molecule has 3 aromatic carbocycles. The molecular weight excluding hydrogens is 466 g/mol. The highest BCUT2D eigenvalue weighted by Gasteiger charge is 2.17. The molecule has 0 atom stereocenters. The summed E-state index contributed by atoms with van der Waals surface area (Å²) in [6, 6.07) is 18.1. The van der Waals surface area contributed by atoms with Crippen LogP contribution in [0.2, 0.25) is 0 Å². The van der Waals surface area contributed by atoms with Crippen molar-refractivity contribution in [2.75, 3.05) is 6.61 Å². The van der Waals surface area contributed by atoms with Gasteiger partial charge in [0, 0.05) is 10.8 Å². The van der Waals surface area contributed by atoms with Gasteiger partial charge in [-0.1, -0.05) is 24.3 Å². The molecule has 0 spiro atoms. The van der Waals surface area contributed by atoms with Gasteiger partial charge < -0.3 is 9.84 Å². The van der Waals surface area contributed by atoms with Crippen LogP contribution in [0.3, 0.4) is 0 Å². The maximum absolute atomic E-state index is 13.2. The minimum absolute atomic E-state index is 0.00674. The molecule has 4 aromatic rings. The maximum atomic E-state index is 13.2. The first-order valence-electron chi connectivity index (χ1n) is 10.9. The smallest absolute Gasteiger partial charge is 0.276 e. The minimum Gasteiger partial charge on any atom is -0.494 e. The van der Waals surface area contributed by atoms with Gasteiger partial charge in [-0.25, -0.2) is 9.40 Å². The van der Waals surface area contributed by atoms with Crippen LogP contribution < -0.4 is 15.1 Å². The number of nitrogens with zero attached hydrogens (tertiary/aromatic N) is 2. The number of hydrazone groups is 1. The quantitative estimate of drug-likeness (QED) is 0.300. The Morgan fingerprint density at radius 2 is 1.69 bits per heavy atom. The zero-order valence-corrected chi connectivity index (χ0v) is 20.3. The van der Waals surface area contributed by atoms with E-state index in [1.807, 2.05) is 26.8 Å². The monoisotopic (exact) mass is 491 g/mol. The molecule has 0 unspecified atom stereocenters. The molecule has 4 rings (SSSR count). The number of aromatic hydroxyl groups is 1. The van der Waals surface area contributed by atoms with E-state index in [4.69, 9.17) is 4.74 Å². The fourth-order valence-corrected chi connectivity index (χ4v) is 4.48. The molecule has 1 heterocycles. The molecule has 0 amide bonds. The van der Waals surface area contributed by atoms with Crippen LogP contribution in [0.1, 0.15) is 23.6 Å². The van der Waals surface area contributed by atoms with Crippen molar-refractivity contribution >= 4 is 27.0 Å². The van der Waals surface area contributed by atoms with E-state index in [2.05, 4.69) is 9.93 Å². The lowest BCUT2D eigenvalue weighted by Crippen LogP contribution is -2.21. The molecule has 0 aliphatic carbocycles. The summed E-state index contributed by atoms with van der Waals surface area (Å²) in [5, 5.41) is 15.8. The summed E-state index contributed by atoms with van der Waals surface area (Å²) < 4.78 is 31.9. The Kier molecular flexibility index (Phi) is 6.61. The highest BCUT2D eigenvalue weighted by atomic mass is 32.2. The third kappa shape index (κ3) is 4.76. The summed E-state index contributed by atoms with van der Waals surface area (Å²) >= 11 is 0. The van der Waals surface area contributed by atoms with Gasteiger partial charge in [-0.2, -0.15) is 13.5 Å². The molecule has 9 heteroatoms. The molecule has 35 heavy (non-hydrogen) atoms. The molecule has 8 nitrogen and oxygen atoms in total. The van der Waals surface area contributed by atoms with Crippen LogP contribution in [0.5, 0.6) is 11.6 Å². The number of aromatic nitrogens is 1. The lowest BCUT2D eigenvalue weighted by atomic mass is 10.1. The lowest BCUT2D eigenvalue weighted by Gasteiger charge is -2.15. The van der Waals surface area contributed by atoms with Crippen molar-refractivity contribution in [2.24, 2.45) is 5.10 Å². The number of hydrogen-bond donors (Lipinski definition) is 2. The van der Waals surface area contributed by atoms with E-state index >= 15 is 0 Å². The number of benzene rings is 3. The first-order valence-corrected chi connectivity index (χ1v) is 12.4. The van der Waals surface area contributed by atoms with Crippen LogP contribution in [-0.2, 0) is 10.0 Å². The maximum Gasteiger partial charge on any atom is 0.276 e. The average Bonchev–Trinajstić information content (AvgIpc) is 2.84. The van der Waals surface area contributed by atoms with Crippen molar-refractivity contribution in [2.45, 2.75) is 25.7 Å². The first-order chi connectivity index (χ1) is 16.7. The summed E-state index contributed by atoms with van der Waals surface area (Å²) in [7, 11) is -3.96. The average molecular weight is 492 g/mol. The Bertz CT molecular complexity index is 1590. The van der Waals surface area contributed by atoms with Crippen molar-refractivity contribution in [1.82, 2.24) is 9.40 Å². The minimum atomic E-state index is -3.96. The van der Waals surface area contributed by atoms with Crippen molar-refractivity contribution < 1.29 is 18.3 Å². The predicted octanol–water partition coefficient (Wildman–Crippen LogP) is 4.02. The van der Waals surface area contributed by atoms with Gasteiger partial charge in [0.2, 0.25) is 5.88 Å². The van der Waals surface area contributed by atoms with E-state index in [1.54, 1.807) is 48.5 Å². The summed E-state index contributed by atoms with van der Waals surface area (Å²) in [6.45, 7) is 6.18. The van der Waals surface area contributed by atoms with Gasteiger partial charge in [-0.15, -0.1) is 0 Å². The molecular formula is C26H25N3O5S. The summed E-state index contributed by atoms with van der Waals surface area (Å²) in [5.74, 6) is 0.209. The van der Waals surface area contributed by atoms with Crippen LogP contribution in [0, 0.1) is 13.8 Å². The highest BCUT2D eigenvalue weighted by Crippen LogP contribution is 2.26. The Morgan fingerprint density at radius 1 is 1.00 bits per heavy atom. The van der Waals surface area contributed by atoms with Crippen molar-refractivity contribution in [3.05, 3.63) is 93.8 Å². The number of pyridine rings is 1. The number of aryl methyl sites for hydroxylation is 2. The second kappa shape index (κ2) is 9.63. The van der Waals surface area contributed by atoms with E-state index in [-0.39, 0.29) is 16.3 Å². The topological polar surface area (TPSA) is 110 Å². The molecule has 1 aromatic heterocycles. The number of fused-ring (bicyclic) bond motifs is 1. The number of hydrogen-bond acceptors (Lipinski definition) is 6. The molecule has 0 bridgehead atoms. The van der Waals surface area contributed by atoms with Crippen LogP contribution in [0.4, 0.5) is 0 Å². The fraction of sp³-hybridized carbons (Fsp3) is 0.154. The first kappa shape index (κ1) is 24.0. The van der Waals surface area contributed by atoms with Gasteiger partial charge in [0.05, 0.1) is 29.0 Å². The van der Waals surface area contributed by atoms with Gasteiger partial charge in [0.25, 0.3) is 15.6 Å². The Hall–Kier alpha value is -4.11. The van der Waals surface area contributed by atoms with Crippen LogP contribution in [0.15, 0.2) is 81.5 Å². The molecule has 0 aliphatic heterocycles. The zero-order valence-electron chi connectivity index (χ0n) is 19.5. The second-order valence-electron chi connectivity index (χ2n) is 7.95. The van der Waals surface area contributed by atoms with E-state index in [1.165, 1.54) is 22.9 Å². The van der Waals surface area contributed by atoms with E-state index in [0.717, 1.165) is 11.1 Å². The Balaban J connectivity index is 1.76. The van der Waals surface area contributed by atoms with Gasteiger partial charge in [-0.05, 0) is 74.4 Å². The van der Waals surface area contributed by atoms with Gasteiger partial charge in [0.1, 0.15) is 5.75 Å². The largest absolute Gasteiger partial charge is 0.494 e. The fourth-order valence-electron chi connectivity index (χ4n) is 3.69. The third-order valence-electron chi connectivity index (χ3n) is 5.66. The molecule has 2 N–H and O–H groups in total. The molecule has 180 valence electrons. The van der Waals surface area contributed by atoms with Gasteiger partial charge >= 0.3 is 0 Å². The molecule has 0 radical (unpaired) electrons. The predicted molar refractivity (Wildman–Crippen MR) is 136 cm³/mol. The van der Waals surface area contributed by atoms with Crippen molar-refractivity contribution in [1.29, 1.82) is 0 Å². The number of sulfonamides is 1. The number of ether oxygens (including phenoxy) is 1. The van der Waals surface area contributed by atoms with E-state index < -0.39 is 15.6 Å². The van der Waals surface area contributed by atoms with Crippen LogP contribution in [-0.4, -0.2) is 30.9 Å². The Morgan fingerprint density at radius 3 is 2.34 bits per heavy atom. The van der Waals surface area contributed by atoms with Crippen molar-refractivity contribution in [3.63, 3.8) is 0 Å². The molecule has 0 saturated carbocycles. The molecule has 0 saturated heterocycles. The Labute approximate surface area is 203 Å². The number of nitrogens with one attached hydrogen (secondary N) is 1. The molecule has 0 aliphatic rings. The van der Waals surface area contributed by atoms with Crippen molar-refractivity contribution in [3.8, 4) is 17.3 Å². The van der Waals surface area contributed by atoms with E-state index in [9.17, 15) is 18.3 Å². The SMILES string of the molecule is CCOc1ccc(S(=O)(=O)N/N=C/c2c(O)n(-c3ccc(C)c(C)c3)c(=O)c3ccccc23)cc1. The normalized spacial score (nSPS) is 11.7. The van der Waals surface area contributed by atoms with Crippen LogP contribution in [0.25, 0.3) is 16.5 Å². The highest BCUT2D eigenvalue weighted by molar-refractivity contribution is 7.89. The summed E-state index contributed by atoms with van der Waals surface area (Å²) in [4.78, 5) is 15.4. The summed E-state index contributed by atoms with van der Waals surface area (Å²) in [6.07, 6.45) is 1.20. The second-order valence-corrected chi connectivity index (χ2v) is 9.61. The summed E-state index contributed by atoms with van der Waals surface area (Å²) in [5.41, 5.74) is 2.31. The molecule has 0 fully saturated rings. The zero-order chi connectivity index (χ0) is 25.2. The van der Waals surface area contributed by atoms with Gasteiger partial charge in [-0.3, -0.25) is 4.79 Å². The standard InChI is InChI=1S/C26H25N3O5S/c1-4-34-20-11-13-21(14-12-20)35(32,33)28-27-16-24-22-7-5-6-8-23(22)25(30)29(26(24)31)19-10-9-17(2)18(3)15-19/h5-16,28,31H,4H2,1-3H3/b27-16+. The number of rotatable bonds is 7. The van der Waals surface area contributed by atoms with Gasteiger partial charge in [0.15, 0.2) is 0 Å².